The molecule has 2 aromatic carbocycles. The number of ether oxygens (including phenoxy) is 3. The summed E-state index contributed by atoms with van der Waals surface area (Å²) in [7, 11) is 2.91. The Hall–Kier alpha value is -3.42. The summed E-state index contributed by atoms with van der Waals surface area (Å²) in [6.07, 6.45) is 2.20. The van der Waals surface area contributed by atoms with Gasteiger partial charge in [-0.05, 0) is 43.2 Å². The maximum absolute atomic E-state index is 12.4. The first kappa shape index (κ1) is 21.3. The molecule has 30 heavy (non-hydrogen) atoms. The summed E-state index contributed by atoms with van der Waals surface area (Å²) in [5, 5.41) is 5.62. The lowest BCUT2D eigenvalue weighted by Crippen LogP contribution is -2.33. The summed E-state index contributed by atoms with van der Waals surface area (Å²) >= 11 is 0. The predicted octanol–water partition coefficient (Wildman–Crippen LogP) is 3.28. The Labute approximate surface area is 176 Å². The highest BCUT2D eigenvalue weighted by Gasteiger charge is 2.19. The van der Waals surface area contributed by atoms with Gasteiger partial charge < -0.3 is 29.7 Å². The van der Waals surface area contributed by atoms with Crippen LogP contribution in [0.2, 0.25) is 0 Å². The van der Waals surface area contributed by atoms with Crippen molar-refractivity contribution in [1.82, 2.24) is 5.32 Å². The van der Waals surface area contributed by atoms with E-state index in [4.69, 9.17) is 14.2 Å². The average molecular weight is 413 g/mol. The van der Waals surface area contributed by atoms with E-state index in [-0.39, 0.29) is 12.6 Å². The molecule has 2 aromatic rings. The lowest BCUT2D eigenvalue weighted by atomic mass is 10.1. The van der Waals surface area contributed by atoms with Gasteiger partial charge in [0.1, 0.15) is 6.61 Å². The number of benzene rings is 2. The second kappa shape index (κ2) is 10.4. The molecule has 8 heteroatoms. The van der Waals surface area contributed by atoms with Crippen LogP contribution in [0.1, 0.15) is 23.2 Å². The van der Waals surface area contributed by atoms with Crippen molar-refractivity contribution in [2.75, 3.05) is 50.7 Å². The van der Waals surface area contributed by atoms with Crippen molar-refractivity contribution in [3.63, 3.8) is 0 Å². The minimum atomic E-state index is -0.448. The zero-order valence-corrected chi connectivity index (χ0v) is 17.3. The Morgan fingerprint density at radius 2 is 1.77 bits per heavy atom. The fraction of sp³-hybridized carbons (Fsp3) is 0.364. The van der Waals surface area contributed by atoms with E-state index in [2.05, 4.69) is 15.5 Å². The first-order chi connectivity index (χ1) is 14.6. The first-order valence-electron chi connectivity index (χ1n) is 9.90. The lowest BCUT2D eigenvalue weighted by Gasteiger charge is -2.22. The molecular weight excluding hydrogens is 386 g/mol. The molecular formula is C22H27N3O5. The van der Waals surface area contributed by atoms with Crippen molar-refractivity contribution in [2.24, 2.45) is 0 Å². The van der Waals surface area contributed by atoms with Gasteiger partial charge in [0, 0.05) is 13.1 Å². The molecule has 1 aliphatic heterocycles. The van der Waals surface area contributed by atoms with Crippen molar-refractivity contribution in [3.8, 4) is 11.5 Å². The molecule has 0 atom stereocenters. The summed E-state index contributed by atoms with van der Waals surface area (Å²) < 4.78 is 15.7. The second-order valence-corrected chi connectivity index (χ2v) is 6.80. The Balaban J connectivity index is 1.59. The van der Waals surface area contributed by atoms with Gasteiger partial charge in [-0.1, -0.05) is 12.1 Å². The molecule has 2 amide bonds. The molecule has 0 spiro atoms. The van der Waals surface area contributed by atoms with Gasteiger partial charge in [0.05, 0.1) is 37.7 Å². The van der Waals surface area contributed by atoms with Gasteiger partial charge in [-0.3, -0.25) is 0 Å². The fourth-order valence-electron chi connectivity index (χ4n) is 3.34. The highest BCUT2D eigenvalue weighted by molar-refractivity contribution is 5.97. The SMILES string of the molecule is COC(=O)c1ccc(N2CCCC2)c(NC(=O)NCCOc2ccccc2OC)c1. The maximum atomic E-state index is 12.4. The van der Waals surface area contributed by atoms with Crippen molar-refractivity contribution in [3.05, 3.63) is 48.0 Å². The van der Waals surface area contributed by atoms with Crippen LogP contribution in [0.25, 0.3) is 0 Å². The number of carbonyl (C=O) groups is 2. The van der Waals surface area contributed by atoms with Gasteiger partial charge in [0.15, 0.2) is 11.5 Å². The van der Waals surface area contributed by atoms with E-state index in [9.17, 15) is 9.59 Å². The molecule has 3 rings (SSSR count). The highest BCUT2D eigenvalue weighted by Crippen LogP contribution is 2.30. The molecule has 0 aliphatic carbocycles. The molecule has 0 bridgehead atoms. The van der Waals surface area contributed by atoms with Gasteiger partial charge in [0.2, 0.25) is 0 Å². The van der Waals surface area contributed by atoms with E-state index in [0.29, 0.717) is 29.3 Å². The molecule has 2 N–H and O–H groups in total. The van der Waals surface area contributed by atoms with Gasteiger partial charge in [0.25, 0.3) is 0 Å². The predicted molar refractivity (Wildman–Crippen MR) is 115 cm³/mol. The van der Waals surface area contributed by atoms with Gasteiger partial charge in [-0.2, -0.15) is 0 Å². The smallest absolute Gasteiger partial charge is 0.337 e. The van der Waals surface area contributed by atoms with Crippen LogP contribution in [0, 0.1) is 0 Å². The van der Waals surface area contributed by atoms with Crippen LogP contribution >= 0.6 is 0 Å². The first-order valence-corrected chi connectivity index (χ1v) is 9.90. The molecule has 0 aromatic heterocycles. The fourth-order valence-corrected chi connectivity index (χ4v) is 3.34. The van der Waals surface area contributed by atoms with E-state index in [1.165, 1.54) is 7.11 Å². The van der Waals surface area contributed by atoms with Crippen molar-refractivity contribution in [1.29, 1.82) is 0 Å². The number of esters is 1. The number of hydrogen-bond acceptors (Lipinski definition) is 6. The third-order valence-electron chi connectivity index (χ3n) is 4.83. The zero-order chi connectivity index (χ0) is 21.3. The number of methoxy groups -OCH3 is 2. The van der Waals surface area contributed by atoms with E-state index in [0.717, 1.165) is 31.6 Å². The van der Waals surface area contributed by atoms with Crippen LogP contribution < -0.4 is 25.0 Å². The van der Waals surface area contributed by atoms with Crippen LogP contribution in [0.4, 0.5) is 16.2 Å². The molecule has 0 saturated carbocycles. The number of para-hydroxylation sites is 2. The van der Waals surface area contributed by atoms with Crippen LogP contribution in [-0.4, -0.2) is 52.5 Å². The number of anilines is 2. The van der Waals surface area contributed by atoms with Crippen LogP contribution in [-0.2, 0) is 4.74 Å². The number of nitrogens with zero attached hydrogens (tertiary/aromatic N) is 1. The second-order valence-electron chi connectivity index (χ2n) is 6.80. The summed E-state index contributed by atoms with van der Waals surface area (Å²) in [5.41, 5.74) is 1.85. The van der Waals surface area contributed by atoms with Crippen LogP contribution in [0.3, 0.4) is 0 Å². The zero-order valence-electron chi connectivity index (χ0n) is 17.3. The largest absolute Gasteiger partial charge is 0.493 e. The van der Waals surface area contributed by atoms with Crippen molar-refractivity contribution < 1.29 is 23.8 Å². The topological polar surface area (TPSA) is 89.1 Å². The maximum Gasteiger partial charge on any atom is 0.337 e. The molecule has 1 saturated heterocycles. The number of urea groups is 1. The Kier molecular flexibility index (Phi) is 7.37. The summed E-state index contributed by atoms with van der Waals surface area (Å²) in [4.78, 5) is 26.5. The highest BCUT2D eigenvalue weighted by atomic mass is 16.5. The normalized spacial score (nSPS) is 12.9. The van der Waals surface area contributed by atoms with Crippen LogP contribution in [0.5, 0.6) is 11.5 Å². The molecule has 8 nitrogen and oxygen atoms in total. The average Bonchev–Trinajstić information content (AvgIpc) is 3.31. The molecule has 160 valence electrons. The van der Waals surface area contributed by atoms with E-state index in [1.54, 1.807) is 25.3 Å². The number of nitrogens with one attached hydrogen (secondary N) is 2. The monoisotopic (exact) mass is 413 g/mol. The molecule has 1 aliphatic rings. The standard InChI is InChI=1S/C22H27N3O5/c1-28-19-7-3-4-8-20(19)30-14-11-23-22(27)24-17-15-16(21(26)29-2)9-10-18(17)25-12-5-6-13-25/h3-4,7-10,15H,5-6,11-14H2,1-2H3,(H2,23,24,27). The third-order valence-corrected chi connectivity index (χ3v) is 4.83. The van der Waals surface area contributed by atoms with Crippen molar-refractivity contribution >= 4 is 23.4 Å². The quantitative estimate of drug-likeness (QED) is 0.510. The third kappa shape index (κ3) is 5.34. The van der Waals surface area contributed by atoms with Gasteiger partial charge in [-0.25, -0.2) is 9.59 Å². The molecule has 0 unspecified atom stereocenters. The number of rotatable bonds is 8. The van der Waals surface area contributed by atoms with Gasteiger partial charge >= 0.3 is 12.0 Å². The minimum Gasteiger partial charge on any atom is -0.493 e. The number of hydrogen-bond donors (Lipinski definition) is 2. The summed E-state index contributed by atoms with van der Waals surface area (Å²) in [5.74, 6) is 0.803. The Bertz CT molecular complexity index is 881. The molecule has 1 fully saturated rings. The van der Waals surface area contributed by atoms with E-state index >= 15 is 0 Å². The van der Waals surface area contributed by atoms with E-state index in [1.807, 2.05) is 24.3 Å². The minimum absolute atomic E-state index is 0.287. The summed E-state index contributed by atoms with van der Waals surface area (Å²) in [6.45, 7) is 2.43. The van der Waals surface area contributed by atoms with E-state index < -0.39 is 5.97 Å². The van der Waals surface area contributed by atoms with Crippen molar-refractivity contribution in [2.45, 2.75) is 12.8 Å². The molecule has 1 heterocycles. The Morgan fingerprint density at radius 1 is 1.03 bits per heavy atom. The number of amides is 2. The Morgan fingerprint density at radius 3 is 2.47 bits per heavy atom. The lowest BCUT2D eigenvalue weighted by molar-refractivity contribution is 0.0600. The van der Waals surface area contributed by atoms with Crippen LogP contribution in [0.15, 0.2) is 42.5 Å². The number of carbonyl (C=O) groups excluding carboxylic acids is 2. The summed E-state index contributed by atoms with van der Waals surface area (Å²) in [6, 6.07) is 12.2. The molecule has 0 radical (unpaired) electrons. The van der Waals surface area contributed by atoms with Gasteiger partial charge in [-0.15, -0.1) is 0 Å².